The van der Waals surface area contributed by atoms with Gasteiger partial charge < -0.3 is 13.9 Å². The van der Waals surface area contributed by atoms with Crippen molar-refractivity contribution in [2.75, 3.05) is 6.61 Å². The Kier molecular flexibility index (Phi) is 3.08. The lowest BCUT2D eigenvalue weighted by Gasteiger charge is -2.39. The molecule has 1 aliphatic rings. The molecule has 0 aromatic heterocycles. The Morgan fingerprint density at radius 2 is 2.00 bits per heavy atom. The van der Waals surface area contributed by atoms with Gasteiger partial charge >= 0.3 is 8.60 Å². The van der Waals surface area contributed by atoms with Gasteiger partial charge in [-0.15, -0.1) is 0 Å². The zero-order chi connectivity index (χ0) is 10.9. The molecule has 15 heavy (non-hydrogen) atoms. The average Bonchev–Trinajstić information content (AvgIpc) is 2.23. The summed E-state index contributed by atoms with van der Waals surface area (Å²) < 4.78 is 10.6. The Morgan fingerprint density at radius 1 is 1.33 bits per heavy atom. The van der Waals surface area contributed by atoms with Crippen LogP contribution in [0.2, 0.25) is 0 Å². The first-order valence-corrected chi connectivity index (χ1v) is 6.06. The standard InChI is InChI=1S/C11H15O3P/c1-11(2)8-13-15(12)14-10(11)9-6-4-3-5-7-9/h3-7,10,12H,8H2,1-2H3. The smallest absolute Gasteiger partial charge is 0.328 e. The van der Waals surface area contributed by atoms with Crippen LogP contribution < -0.4 is 0 Å². The fourth-order valence-electron chi connectivity index (χ4n) is 1.70. The second-order valence-corrected chi connectivity index (χ2v) is 5.34. The van der Waals surface area contributed by atoms with Crippen LogP contribution in [0.1, 0.15) is 25.5 Å². The monoisotopic (exact) mass is 226 g/mol. The Hall–Kier alpha value is -0.470. The molecule has 3 nitrogen and oxygen atoms in total. The van der Waals surface area contributed by atoms with E-state index in [4.69, 9.17) is 9.05 Å². The summed E-state index contributed by atoms with van der Waals surface area (Å²) in [7, 11) is -1.71. The molecule has 82 valence electrons. The van der Waals surface area contributed by atoms with E-state index in [-0.39, 0.29) is 11.5 Å². The summed E-state index contributed by atoms with van der Waals surface area (Å²) in [6, 6.07) is 9.95. The molecule has 2 rings (SSSR count). The summed E-state index contributed by atoms with van der Waals surface area (Å²) in [5, 5.41) is 0. The Labute approximate surface area is 91.0 Å². The van der Waals surface area contributed by atoms with E-state index < -0.39 is 8.60 Å². The van der Waals surface area contributed by atoms with Crippen molar-refractivity contribution in [3.63, 3.8) is 0 Å². The molecule has 1 aromatic rings. The first-order valence-electron chi connectivity index (χ1n) is 4.93. The third-order valence-electron chi connectivity index (χ3n) is 2.55. The van der Waals surface area contributed by atoms with Crippen molar-refractivity contribution >= 4 is 8.60 Å². The highest BCUT2D eigenvalue weighted by Gasteiger charge is 2.39. The molecule has 0 bridgehead atoms. The summed E-state index contributed by atoms with van der Waals surface area (Å²) in [5.41, 5.74) is 0.982. The van der Waals surface area contributed by atoms with Gasteiger partial charge in [0.15, 0.2) is 0 Å². The van der Waals surface area contributed by atoms with E-state index in [9.17, 15) is 4.89 Å². The van der Waals surface area contributed by atoms with Crippen molar-refractivity contribution in [2.45, 2.75) is 20.0 Å². The molecule has 0 amide bonds. The van der Waals surface area contributed by atoms with Crippen molar-refractivity contribution in [1.82, 2.24) is 0 Å². The second-order valence-electron chi connectivity index (χ2n) is 4.40. The van der Waals surface area contributed by atoms with E-state index >= 15 is 0 Å². The quantitative estimate of drug-likeness (QED) is 0.748. The SMILES string of the molecule is CC1(C)COP(O)OC1c1ccccc1. The normalized spacial score (nSPS) is 30.1. The zero-order valence-electron chi connectivity index (χ0n) is 8.88. The van der Waals surface area contributed by atoms with Crippen molar-refractivity contribution in [3.05, 3.63) is 35.9 Å². The van der Waals surface area contributed by atoms with Crippen molar-refractivity contribution in [1.29, 1.82) is 0 Å². The number of hydrogen-bond donors (Lipinski definition) is 1. The summed E-state index contributed by atoms with van der Waals surface area (Å²) in [6.45, 7) is 4.68. The summed E-state index contributed by atoms with van der Waals surface area (Å²) >= 11 is 0. The van der Waals surface area contributed by atoms with Crippen molar-refractivity contribution in [3.8, 4) is 0 Å². The zero-order valence-corrected chi connectivity index (χ0v) is 9.78. The Bertz CT molecular complexity index is 326. The van der Waals surface area contributed by atoms with E-state index in [0.717, 1.165) is 5.56 Å². The molecule has 1 aromatic carbocycles. The van der Waals surface area contributed by atoms with Gasteiger partial charge in [0.05, 0.1) is 12.7 Å². The van der Waals surface area contributed by atoms with Gasteiger partial charge in [-0.1, -0.05) is 44.2 Å². The van der Waals surface area contributed by atoms with Gasteiger partial charge in [-0.2, -0.15) is 0 Å². The molecule has 0 radical (unpaired) electrons. The minimum atomic E-state index is -1.71. The molecule has 1 aliphatic heterocycles. The molecular weight excluding hydrogens is 211 g/mol. The molecule has 2 atom stereocenters. The maximum absolute atomic E-state index is 9.39. The van der Waals surface area contributed by atoms with E-state index in [1.54, 1.807) is 0 Å². The number of rotatable bonds is 1. The molecule has 0 aliphatic carbocycles. The van der Waals surface area contributed by atoms with E-state index in [1.807, 2.05) is 30.3 Å². The first-order chi connectivity index (χ1) is 7.09. The second kappa shape index (κ2) is 4.18. The lowest BCUT2D eigenvalue weighted by atomic mass is 9.83. The van der Waals surface area contributed by atoms with Gasteiger partial charge in [-0.3, -0.25) is 0 Å². The lowest BCUT2D eigenvalue weighted by molar-refractivity contribution is -0.0277. The van der Waals surface area contributed by atoms with Gasteiger partial charge in [0.2, 0.25) is 0 Å². The molecule has 1 saturated heterocycles. The fourth-order valence-corrected chi connectivity index (χ4v) is 2.79. The van der Waals surface area contributed by atoms with Crippen molar-refractivity contribution in [2.24, 2.45) is 5.41 Å². The van der Waals surface area contributed by atoms with Gasteiger partial charge in [0, 0.05) is 5.41 Å². The summed E-state index contributed by atoms with van der Waals surface area (Å²) in [5.74, 6) is 0. The third-order valence-corrected chi connectivity index (χ3v) is 3.30. The first kappa shape index (κ1) is 11.0. The molecular formula is C11H15O3P. The molecule has 2 unspecified atom stereocenters. The van der Waals surface area contributed by atoms with Crippen LogP contribution in [0.25, 0.3) is 0 Å². The van der Waals surface area contributed by atoms with Gasteiger partial charge in [0.25, 0.3) is 0 Å². The Balaban J connectivity index is 2.26. The highest BCUT2D eigenvalue weighted by Crippen LogP contribution is 2.52. The summed E-state index contributed by atoms with van der Waals surface area (Å²) in [6.07, 6.45) is -0.0939. The predicted octanol–water partition coefficient (Wildman–Crippen LogP) is 3.02. The summed E-state index contributed by atoms with van der Waals surface area (Å²) in [4.78, 5) is 9.39. The van der Waals surface area contributed by atoms with Gasteiger partial charge in [-0.05, 0) is 5.56 Å². The average molecular weight is 226 g/mol. The van der Waals surface area contributed by atoms with Gasteiger partial charge in [-0.25, -0.2) is 0 Å². The maximum atomic E-state index is 9.39. The Morgan fingerprint density at radius 3 is 2.67 bits per heavy atom. The molecule has 1 N–H and O–H groups in total. The maximum Gasteiger partial charge on any atom is 0.330 e. The lowest BCUT2D eigenvalue weighted by Crippen LogP contribution is -2.32. The minimum Gasteiger partial charge on any atom is -0.328 e. The van der Waals surface area contributed by atoms with Crippen LogP contribution in [-0.2, 0) is 9.05 Å². The molecule has 1 heterocycles. The van der Waals surface area contributed by atoms with Crippen LogP contribution in [0.3, 0.4) is 0 Å². The number of hydrogen-bond acceptors (Lipinski definition) is 3. The molecule has 0 spiro atoms. The fraction of sp³-hybridized carbons (Fsp3) is 0.455. The van der Waals surface area contributed by atoms with Crippen LogP contribution in [-0.4, -0.2) is 11.5 Å². The molecule has 4 heteroatoms. The highest BCUT2D eigenvalue weighted by molar-refractivity contribution is 7.40. The van der Waals surface area contributed by atoms with Crippen LogP contribution in [0.4, 0.5) is 0 Å². The van der Waals surface area contributed by atoms with E-state index in [2.05, 4.69) is 13.8 Å². The molecule has 1 fully saturated rings. The van der Waals surface area contributed by atoms with Crippen LogP contribution in [0.5, 0.6) is 0 Å². The third kappa shape index (κ3) is 2.37. The predicted molar refractivity (Wildman–Crippen MR) is 59.1 cm³/mol. The number of benzene rings is 1. The van der Waals surface area contributed by atoms with Crippen LogP contribution >= 0.6 is 8.60 Å². The van der Waals surface area contributed by atoms with Crippen LogP contribution in [0.15, 0.2) is 30.3 Å². The topological polar surface area (TPSA) is 38.7 Å². The van der Waals surface area contributed by atoms with E-state index in [1.165, 1.54) is 0 Å². The minimum absolute atomic E-state index is 0.0939. The van der Waals surface area contributed by atoms with Crippen molar-refractivity contribution < 1.29 is 13.9 Å². The highest BCUT2D eigenvalue weighted by atomic mass is 31.2. The van der Waals surface area contributed by atoms with E-state index in [0.29, 0.717) is 6.61 Å². The van der Waals surface area contributed by atoms with Gasteiger partial charge in [0.1, 0.15) is 0 Å². The largest absolute Gasteiger partial charge is 0.330 e. The van der Waals surface area contributed by atoms with Crippen LogP contribution in [0, 0.1) is 5.41 Å². The molecule has 0 saturated carbocycles.